The molecule has 7 rings (SSSR count). The number of rotatable bonds is 4. The minimum atomic E-state index is -0.260. The number of benzene rings is 3. The van der Waals surface area contributed by atoms with E-state index in [0.29, 0.717) is 5.69 Å². The van der Waals surface area contributed by atoms with Gasteiger partial charge < -0.3 is 9.67 Å². The molecule has 0 fully saturated rings. The van der Waals surface area contributed by atoms with Gasteiger partial charge in [0.25, 0.3) is 6.33 Å². The summed E-state index contributed by atoms with van der Waals surface area (Å²) < 4.78 is 6.16. The molecule has 4 aromatic heterocycles. The molecular formula is C43H44N5OPt+. The molecule has 0 unspecified atom stereocenters. The van der Waals surface area contributed by atoms with E-state index in [1.807, 2.05) is 53.5 Å². The number of hydrogen-bond acceptors (Lipinski definition) is 3. The van der Waals surface area contributed by atoms with Crippen LogP contribution < -0.4 is 4.57 Å². The predicted octanol–water partition coefficient (Wildman–Crippen LogP) is 9.50. The van der Waals surface area contributed by atoms with Crippen LogP contribution in [0.15, 0.2) is 97.5 Å². The van der Waals surface area contributed by atoms with Gasteiger partial charge in [0, 0.05) is 24.3 Å². The van der Waals surface area contributed by atoms with E-state index in [9.17, 15) is 5.11 Å². The first kappa shape index (κ1) is 35.3. The second-order valence-corrected chi connectivity index (χ2v) is 16.0. The van der Waals surface area contributed by atoms with Crippen LogP contribution in [-0.2, 0) is 37.3 Å². The Balaban J connectivity index is 0.00000432. The Morgan fingerprint density at radius 1 is 0.680 bits per heavy atom. The summed E-state index contributed by atoms with van der Waals surface area (Å²) in [6.07, 6.45) is 13.0. The first-order valence-corrected chi connectivity index (χ1v) is 16.9. The summed E-state index contributed by atoms with van der Waals surface area (Å²) in [5, 5.41) is 12.9. The second kappa shape index (κ2) is 12.7. The van der Waals surface area contributed by atoms with Crippen LogP contribution in [0, 0.1) is 12.5 Å². The van der Waals surface area contributed by atoms with Gasteiger partial charge in [-0.3, -0.25) is 19.1 Å². The quantitative estimate of drug-likeness (QED) is 0.142. The van der Waals surface area contributed by atoms with E-state index >= 15 is 0 Å². The normalized spacial score (nSPS) is 12.4. The average molecular weight is 842 g/mol. The molecule has 0 bridgehead atoms. The van der Waals surface area contributed by atoms with E-state index in [4.69, 9.17) is 4.98 Å². The fourth-order valence-corrected chi connectivity index (χ4v) is 6.48. The Hall–Kier alpha value is -4.54. The van der Waals surface area contributed by atoms with Gasteiger partial charge in [0.2, 0.25) is 0 Å². The van der Waals surface area contributed by atoms with Crippen molar-refractivity contribution in [1.82, 2.24) is 19.1 Å². The van der Waals surface area contributed by atoms with Crippen molar-refractivity contribution in [2.75, 3.05) is 0 Å². The maximum absolute atomic E-state index is 11.9. The van der Waals surface area contributed by atoms with Crippen LogP contribution in [0.2, 0.25) is 0 Å². The van der Waals surface area contributed by atoms with Crippen molar-refractivity contribution >= 4 is 21.9 Å². The first-order chi connectivity index (χ1) is 23.1. The number of nitrogens with zero attached hydrogens (tertiary/aromatic N) is 5. The predicted molar refractivity (Wildman–Crippen MR) is 198 cm³/mol. The van der Waals surface area contributed by atoms with Crippen LogP contribution in [0.4, 0.5) is 0 Å². The van der Waals surface area contributed by atoms with Gasteiger partial charge in [0.15, 0.2) is 0 Å². The molecule has 3 aromatic carbocycles. The van der Waals surface area contributed by atoms with Crippen molar-refractivity contribution < 1.29 is 30.7 Å². The van der Waals surface area contributed by atoms with Gasteiger partial charge in [-0.25, -0.2) is 0 Å². The van der Waals surface area contributed by atoms with Gasteiger partial charge in [-0.1, -0.05) is 140 Å². The number of phenolic OH excluding ortho intramolecular Hbond substituents is 1. The van der Waals surface area contributed by atoms with E-state index in [2.05, 4.69) is 137 Å². The molecule has 0 aliphatic rings. The number of aromatic nitrogens is 5. The van der Waals surface area contributed by atoms with Gasteiger partial charge >= 0.3 is 21.1 Å². The summed E-state index contributed by atoms with van der Waals surface area (Å²) in [5.41, 5.74) is 10.1. The third-order valence-electron chi connectivity index (χ3n) is 9.35. The van der Waals surface area contributed by atoms with E-state index < -0.39 is 0 Å². The smallest absolute Gasteiger partial charge is 0.511 e. The van der Waals surface area contributed by atoms with Crippen LogP contribution in [-0.4, -0.2) is 24.2 Å². The SMILES string of the molecule is CC(C)(C)c1ccnc(-c2[c-]n(-c3ccccc3-[n+]3[c-]n(-c4cc(C(C)(C)C)cc(C(C)(C)C)c4O)c4ccccc43)c3cnccc23)c1.[Pt+2]. The third kappa shape index (κ3) is 6.19. The summed E-state index contributed by atoms with van der Waals surface area (Å²) in [4.78, 5) is 9.31. The summed E-state index contributed by atoms with van der Waals surface area (Å²) in [6.45, 7) is 19.7. The van der Waals surface area contributed by atoms with Crippen molar-refractivity contribution in [3.63, 3.8) is 0 Å². The zero-order valence-corrected chi connectivity index (χ0v) is 32.5. The van der Waals surface area contributed by atoms with Crippen LogP contribution in [0.1, 0.15) is 79.0 Å². The molecule has 256 valence electrons. The Bertz CT molecular complexity index is 2360. The minimum absolute atomic E-state index is 0. The fraction of sp³-hybridized carbons (Fsp3) is 0.279. The molecule has 4 heterocycles. The van der Waals surface area contributed by atoms with Crippen molar-refractivity contribution in [1.29, 1.82) is 0 Å². The first-order valence-electron chi connectivity index (χ1n) is 16.9. The van der Waals surface area contributed by atoms with Crippen LogP contribution >= 0.6 is 0 Å². The molecule has 0 saturated carbocycles. The van der Waals surface area contributed by atoms with Crippen molar-refractivity contribution in [3.8, 4) is 34.1 Å². The van der Waals surface area contributed by atoms with Crippen LogP contribution in [0.25, 0.3) is 50.3 Å². The summed E-state index contributed by atoms with van der Waals surface area (Å²) >= 11 is 0. The standard InChI is InChI=1S/C43H44N5O.Pt/c1-41(2,3)28-18-21-45-33(23-28)31-26-46(39-25-44-20-19-30(31)39)34-14-10-11-15-35(34)47-27-48(37-17-13-12-16-36(37)47)38-24-29(42(4,5)6)22-32(40(38)49)43(7,8)9;/h10-25,49H,1-9H3;/q-1;+2. The second-order valence-electron chi connectivity index (χ2n) is 16.0. The number of imidazole rings is 1. The Morgan fingerprint density at radius 2 is 1.38 bits per heavy atom. The minimum Gasteiger partial charge on any atom is -0.511 e. The molecule has 1 N–H and O–H groups in total. The summed E-state index contributed by atoms with van der Waals surface area (Å²) in [5.74, 6) is 0.267. The molecular weight excluding hydrogens is 798 g/mol. The largest absolute Gasteiger partial charge is 2.00 e. The zero-order chi connectivity index (χ0) is 34.9. The number of fused-ring (bicyclic) bond motifs is 2. The maximum atomic E-state index is 11.9. The summed E-state index contributed by atoms with van der Waals surface area (Å²) in [6, 6.07) is 27.1. The van der Waals surface area contributed by atoms with Gasteiger partial charge in [-0.15, -0.1) is 0 Å². The molecule has 0 spiro atoms. The van der Waals surface area contributed by atoms with E-state index in [0.717, 1.165) is 55.7 Å². The average Bonchev–Trinajstić information content (AvgIpc) is 3.63. The van der Waals surface area contributed by atoms with Crippen molar-refractivity contribution in [3.05, 3.63) is 127 Å². The monoisotopic (exact) mass is 841 g/mol. The zero-order valence-electron chi connectivity index (χ0n) is 30.2. The van der Waals surface area contributed by atoms with E-state index in [-0.39, 0.29) is 43.1 Å². The van der Waals surface area contributed by atoms with E-state index in [1.54, 1.807) is 0 Å². The molecule has 0 radical (unpaired) electrons. The van der Waals surface area contributed by atoms with Crippen molar-refractivity contribution in [2.24, 2.45) is 0 Å². The third-order valence-corrected chi connectivity index (χ3v) is 9.35. The molecule has 7 heteroatoms. The molecule has 0 atom stereocenters. The molecule has 0 saturated heterocycles. The molecule has 6 nitrogen and oxygen atoms in total. The topological polar surface area (TPSA) is 59.8 Å². The molecule has 0 aliphatic carbocycles. The van der Waals surface area contributed by atoms with Crippen LogP contribution in [0.5, 0.6) is 5.75 Å². The Kier molecular flexibility index (Phi) is 8.93. The van der Waals surface area contributed by atoms with Gasteiger partial charge in [-0.2, -0.15) is 0 Å². The fourth-order valence-electron chi connectivity index (χ4n) is 6.48. The number of pyridine rings is 2. The Morgan fingerprint density at radius 3 is 2.10 bits per heavy atom. The Labute approximate surface area is 309 Å². The maximum Gasteiger partial charge on any atom is 2.00 e. The summed E-state index contributed by atoms with van der Waals surface area (Å²) in [7, 11) is 0. The molecule has 50 heavy (non-hydrogen) atoms. The van der Waals surface area contributed by atoms with Crippen LogP contribution in [0.3, 0.4) is 0 Å². The number of hydrogen-bond donors (Lipinski definition) is 1. The molecule has 7 aromatic rings. The van der Waals surface area contributed by atoms with E-state index in [1.165, 1.54) is 5.56 Å². The molecule has 0 amide bonds. The van der Waals surface area contributed by atoms with Gasteiger partial charge in [0.1, 0.15) is 11.4 Å². The van der Waals surface area contributed by atoms with Crippen molar-refractivity contribution in [2.45, 2.75) is 78.6 Å². The molecule has 0 aliphatic heterocycles. The number of phenols is 1. The number of para-hydroxylation sites is 4. The number of aromatic hydroxyl groups is 1. The van der Waals surface area contributed by atoms with Gasteiger partial charge in [0.05, 0.1) is 16.7 Å². The van der Waals surface area contributed by atoms with Gasteiger partial charge in [-0.05, 0) is 62.5 Å².